The van der Waals surface area contributed by atoms with Crippen LogP contribution in [0.25, 0.3) is 0 Å². The van der Waals surface area contributed by atoms with Crippen molar-refractivity contribution in [1.82, 2.24) is 63.0 Å². The molecule has 0 unspecified atom stereocenters. The van der Waals surface area contributed by atoms with E-state index in [1.54, 1.807) is 66.4 Å². The summed E-state index contributed by atoms with van der Waals surface area (Å²) in [7, 11) is 3.43. The summed E-state index contributed by atoms with van der Waals surface area (Å²) < 4.78 is 0. The zero-order chi connectivity index (χ0) is 72.2. The number of amides is 8. The molecule has 12 atom stereocenters. The Morgan fingerprint density at radius 3 is 1.39 bits per heavy atom. The average Bonchev–Trinajstić information content (AvgIpc) is 1.66. The summed E-state index contributed by atoms with van der Waals surface area (Å²) >= 11 is 0. The number of unbranched alkanes of at least 4 members (excludes halogenated alkanes) is 2. The van der Waals surface area contributed by atoms with Crippen molar-refractivity contribution in [3.8, 4) is 0 Å². The molecule has 0 bridgehead atoms. The highest BCUT2D eigenvalue weighted by atomic mass is 16.2. The first-order valence-electron chi connectivity index (χ1n) is 36.6. The monoisotopic (exact) mass is 1390 g/mol. The number of nitrogens with one attached hydrogen (secondary N) is 12. The van der Waals surface area contributed by atoms with Crippen LogP contribution in [-0.2, 0) is 51.4 Å². The maximum atomic E-state index is 14.8. The Hall–Kier alpha value is -8.84. The second-order valence-corrected chi connectivity index (χ2v) is 27.0. The van der Waals surface area contributed by atoms with Crippen molar-refractivity contribution in [1.29, 1.82) is 0 Å². The van der Waals surface area contributed by atoms with Crippen LogP contribution in [0, 0.1) is 11.8 Å². The molecule has 4 aromatic rings. The van der Waals surface area contributed by atoms with E-state index in [-0.39, 0.29) is 72.0 Å². The molecular formula is C77H108N14O10. The molecule has 0 saturated carbocycles. The first-order chi connectivity index (χ1) is 49.0. The Balaban J connectivity index is 0.793. The summed E-state index contributed by atoms with van der Waals surface area (Å²) in [5.74, 6) is -3.38. The Morgan fingerprint density at radius 2 is 0.941 bits per heavy atom. The zero-order valence-electron chi connectivity index (χ0n) is 59.6. The van der Waals surface area contributed by atoms with Crippen LogP contribution in [0.1, 0.15) is 146 Å². The van der Waals surface area contributed by atoms with Crippen LogP contribution in [0.5, 0.6) is 0 Å². The molecule has 4 heterocycles. The molecular weight excluding hydrogens is 1280 g/mol. The van der Waals surface area contributed by atoms with Gasteiger partial charge in [0.15, 0.2) is 0 Å². The largest absolute Gasteiger partial charge is 0.380 e. The Labute approximate surface area is 594 Å². The number of anilines is 2. The second-order valence-electron chi connectivity index (χ2n) is 27.0. The first kappa shape index (κ1) is 77.9. The van der Waals surface area contributed by atoms with Gasteiger partial charge < -0.3 is 73.6 Å². The Morgan fingerprint density at radius 1 is 0.515 bits per heavy atom. The molecule has 0 aliphatic carbocycles. The average molecular weight is 1390 g/mol. The maximum absolute atomic E-state index is 14.8. The van der Waals surface area contributed by atoms with Gasteiger partial charge in [-0.05, 0) is 171 Å². The smallest absolute Gasteiger partial charge is 0.253 e. The molecule has 0 radical (unpaired) electrons. The van der Waals surface area contributed by atoms with Crippen molar-refractivity contribution in [3.63, 3.8) is 0 Å². The molecule has 4 aromatic carbocycles. The van der Waals surface area contributed by atoms with E-state index in [1.165, 1.54) is 0 Å². The number of rotatable bonds is 40. The van der Waals surface area contributed by atoms with E-state index in [9.17, 15) is 47.9 Å². The van der Waals surface area contributed by atoms with Gasteiger partial charge in [0.25, 0.3) is 10.9 Å². The number of hydrogen-bond donors (Lipinski definition) is 12. The number of hydrogen-bond acceptors (Lipinski definition) is 16. The molecule has 8 rings (SSSR count). The minimum Gasteiger partial charge on any atom is -0.380 e. The van der Waals surface area contributed by atoms with Crippen LogP contribution in [0.2, 0.25) is 0 Å². The van der Waals surface area contributed by atoms with Crippen molar-refractivity contribution in [2.45, 2.75) is 197 Å². The molecule has 4 fully saturated rings. The molecule has 4 aliphatic heterocycles. The number of allylic oxidation sites excluding steroid dienone is 3. The summed E-state index contributed by atoms with van der Waals surface area (Å²) in [4.78, 5) is 143. The normalized spacial score (nSPS) is 21.7. The van der Waals surface area contributed by atoms with Gasteiger partial charge in [0.05, 0.1) is 12.1 Å². The zero-order valence-corrected chi connectivity index (χ0v) is 59.6. The van der Waals surface area contributed by atoms with Gasteiger partial charge in [-0.2, -0.15) is 0 Å². The maximum Gasteiger partial charge on any atom is 0.253 e. The van der Waals surface area contributed by atoms with Gasteiger partial charge in [-0.25, -0.2) is 0 Å². The predicted octanol–water partition coefficient (Wildman–Crippen LogP) is 4.79. The quantitative estimate of drug-likeness (QED) is 0.0162. The van der Waals surface area contributed by atoms with Crippen LogP contribution < -0.4 is 74.7 Å². The number of carbonyl (C=O) groups excluding carboxylic acids is 8. The SMILES string of the molecule is C=C(/C=C\C=C/C)[C@H](NC(=O)[C@@H]1CC[C@@H]2CC[C@H](CCNCc3ccccc3)[C@H](NC(=O)[C@H](CC)NC)C(=O)N21)C(=O)NCCCCNc1c(NCCCCNC(=O)[C@@H](NC(=O)[C@@H]2CC[C@@H]3CC[C@H](CCNCc4ccccc4)[C@H](NC(=O)[C@H](CC)NC)C(=O)N32)c2ccccc2)c(=O)c1=O. The topological polar surface area (TPSA) is 322 Å². The molecule has 24 heteroatoms. The van der Waals surface area contributed by atoms with E-state index in [2.05, 4.69) is 82.5 Å². The number of nitrogens with zero attached hydrogens (tertiary/aromatic N) is 2. The molecule has 8 amide bonds. The van der Waals surface area contributed by atoms with E-state index in [1.807, 2.05) is 81.4 Å². The van der Waals surface area contributed by atoms with Crippen molar-refractivity contribution < 1.29 is 38.4 Å². The van der Waals surface area contributed by atoms with Gasteiger partial charge in [-0.1, -0.05) is 136 Å². The Bertz CT molecular complexity index is 3520. The highest BCUT2D eigenvalue weighted by Crippen LogP contribution is 2.37. The molecule has 12 N–H and O–H groups in total. The fraction of sp³-hybridized carbons (Fsp3) is 0.532. The minimum atomic E-state index is -1.17. The number of benzene rings is 3. The van der Waals surface area contributed by atoms with E-state index < -0.39 is 82.8 Å². The van der Waals surface area contributed by atoms with Gasteiger partial charge in [0, 0.05) is 51.4 Å². The standard InChI is InChI=1S/C77H108N14O10/c1-7-10-14-25-50(4)62(86-72(96)60-38-36-56-34-32-54(40-46-80-48-51-26-15-11-16-27-51)64(76(100)90(56)60)88-70(94)58(8-2)78-5)74(98)84-44-23-21-42-82-66-67(69(93)68(66)92)83-43-22-24-45-85-75(99)63(53-30-19-13-20-31-53)87-73(97)61-39-37-57-35-33-55(41-47-81-49-52-28-17-12-18-29-52)65(77(101)91(57)61)89-71(95)59(9-3)79-6/h7,10-20,25-31,54-65,78-83H,4,8-9,21-24,32-49H2,1-3,5-6H3,(H,84,98)(H,85,99)(H,86,96)(H,87,97)(H,88,94)(H,89,95)/b10-7-,25-14-/t54-,55-,56+,57+,58+,59+,60+,61+,62+,63+,64+,65+/m1/s1. The lowest BCUT2D eigenvalue weighted by molar-refractivity contribution is -0.144. The lowest BCUT2D eigenvalue weighted by Gasteiger charge is -2.33. The molecule has 546 valence electrons. The van der Waals surface area contributed by atoms with Crippen LogP contribution in [-0.4, -0.2) is 165 Å². The van der Waals surface area contributed by atoms with Gasteiger partial charge in [0.2, 0.25) is 47.3 Å². The third-order valence-corrected chi connectivity index (χ3v) is 20.3. The predicted molar refractivity (Wildman–Crippen MR) is 394 cm³/mol. The fourth-order valence-corrected chi connectivity index (χ4v) is 14.6. The van der Waals surface area contributed by atoms with Crippen molar-refractivity contribution >= 4 is 58.6 Å². The molecule has 4 aliphatic rings. The first-order valence-corrected chi connectivity index (χ1v) is 36.6. The van der Waals surface area contributed by atoms with Crippen molar-refractivity contribution in [2.75, 3.05) is 64.0 Å². The number of likely N-dealkylation sites (N-methyl/N-ethyl adjacent to an activating group) is 2. The summed E-state index contributed by atoms with van der Waals surface area (Å²) in [5, 5.41) is 37.2. The van der Waals surface area contributed by atoms with E-state index >= 15 is 0 Å². The number of fused-ring (bicyclic) bond motifs is 2. The van der Waals surface area contributed by atoms with E-state index in [0.717, 1.165) is 11.1 Å². The molecule has 0 spiro atoms. The number of carbonyl (C=O) groups is 8. The Kier molecular flexibility index (Phi) is 30.8. The van der Waals surface area contributed by atoms with Gasteiger partial charge in [-0.15, -0.1) is 0 Å². The molecule has 101 heavy (non-hydrogen) atoms. The summed E-state index contributed by atoms with van der Waals surface area (Å²) in [6, 6.07) is 21.9. The third-order valence-electron chi connectivity index (χ3n) is 20.3. The van der Waals surface area contributed by atoms with Gasteiger partial charge >= 0.3 is 0 Å². The van der Waals surface area contributed by atoms with E-state index in [0.29, 0.717) is 153 Å². The molecule has 4 saturated heterocycles. The fourth-order valence-electron chi connectivity index (χ4n) is 14.6. The minimum absolute atomic E-state index is 0.169. The van der Waals surface area contributed by atoms with Crippen LogP contribution in [0.3, 0.4) is 0 Å². The van der Waals surface area contributed by atoms with Crippen LogP contribution >= 0.6 is 0 Å². The van der Waals surface area contributed by atoms with Crippen molar-refractivity contribution in [2.24, 2.45) is 11.8 Å². The van der Waals surface area contributed by atoms with Crippen molar-refractivity contribution in [3.05, 3.63) is 165 Å². The third kappa shape index (κ3) is 21.4. The van der Waals surface area contributed by atoms with Crippen LogP contribution in [0.15, 0.2) is 137 Å². The highest BCUT2D eigenvalue weighted by Gasteiger charge is 2.50. The van der Waals surface area contributed by atoms with E-state index in [4.69, 9.17) is 0 Å². The van der Waals surface area contributed by atoms with Gasteiger partial charge in [0.1, 0.15) is 47.6 Å². The summed E-state index contributed by atoms with van der Waals surface area (Å²) in [6.45, 7) is 13.5. The lowest BCUT2D eigenvalue weighted by Crippen LogP contribution is -2.59. The highest BCUT2D eigenvalue weighted by molar-refractivity contribution is 5.98. The summed E-state index contributed by atoms with van der Waals surface area (Å²) in [6.07, 6.45) is 16.0. The second kappa shape index (κ2) is 40.0. The molecule has 24 nitrogen and oxygen atoms in total. The van der Waals surface area contributed by atoms with Gasteiger partial charge in [-0.3, -0.25) is 47.9 Å². The van der Waals surface area contributed by atoms with Crippen LogP contribution in [0.4, 0.5) is 11.4 Å². The molecule has 0 aromatic heterocycles. The summed E-state index contributed by atoms with van der Waals surface area (Å²) in [5.41, 5.74) is 2.22. The lowest BCUT2D eigenvalue weighted by atomic mass is 9.90.